The quantitative estimate of drug-likeness (QED) is 0.782. The molecule has 0 heterocycles. The first-order valence-electron chi connectivity index (χ1n) is 3.92. The zero-order valence-corrected chi connectivity index (χ0v) is 8.56. The molecule has 0 spiro atoms. The molecule has 66 valence electrons. The lowest BCUT2D eigenvalue weighted by Crippen LogP contribution is -2.08. The zero-order valence-electron chi connectivity index (χ0n) is 6.97. The molecule has 0 unspecified atom stereocenters. The minimum atomic E-state index is 0.510. The summed E-state index contributed by atoms with van der Waals surface area (Å²) in [6.45, 7) is 2.61. The highest BCUT2D eigenvalue weighted by molar-refractivity contribution is 9.10. The van der Waals surface area contributed by atoms with Crippen molar-refractivity contribution in [1.29, 1.82) is 0 Å². The number of hydrogen-bond donors (Lipinski definition) is 2. The number of hydroxylamine groups is 1. The molecule has 1 aromatic carbocycles. The van der Waals surface area contributed by atoms with Crippen molar-refractivity contribution in [1.82, 2.24) is 5.48 Å². The van der Waals surface area contributed by atoms with E-state index >= 15 is 0 Å². The van der Waals surface area contributed by atoms with Gasteiger partial charge in [0.25, 0.3) is 0 Å². The van der Waals surface area contributed by atoms with Gasteiger partial charge in [0.2, 0.25) is 0 Å². The molecule has 0 saturated heterocycles. The minimum Gasteiger partial charge on any atom is -0.316 e. The van der Waals surface area contributed by atoms with Crippen LogP contribution in [0.15, 0.2) is 22.7 Å². The molecule has 2 N–H and O–H groups in total. The van der Waals surface area contributed by atoms with Crippen molar-refractivity contribution in [2.75, 3.05) is 0 Å². The van der Waals surface area contributed by atoms with E-state index in [9.17, 15) is 0 Å². The lowest BCUT2D eigenvalue weighted by molar-refractivity contribution is 0.161. The van der Waals surface area contributed by atoms with Crippen molar-refractivity contribution >= 4 is 15.9 Å². The molecule has 0 atom stereocenters. The number of benzene rings is 1. The van der Waals surface area contributed by atoms with Gasteiger partial charge in [0.05, 0.1) is 0 Å². The monoisotopic (exact) mass is 229 g/mol. The molecule has 12 heavy (non-hydrogen) atoms. The van der Waals surface area contributed by atoms with E-state index in [1.165, 1.54) is 5.56 Å². The van der Waals surface area contributed by atoms with Crippen LogP contribution in [0.1, 0.15) is 18.1 Å². The summed E-state index contributed by atoms with van der Waals surface area (Å²) in [5.41, 5.74) is 4.56. The van der Waals surface area contributed by atoms with Gasteiger partial charge >= 0.3 is 0 Å². The highest BCUT2D eigenvalue weighted by Crippen LogP contribution is 2.16. The van der Waals surface area contributed by atoms with Crippen LogP contribution in [0, 0.1) is 0 Å². The maximum atomic E-state index is 8.55. The average Bonchev–Trinajstić information content (AvgIpc) is 2.08. The Morgan fingerprint density at radius 1 is 1.42 bits per heavy atom. The third kappa shape index (κ3) is 2.30. The van der Waals surface area contributed by atoms with Crippen molar-refractivity contribution < 1.29 is 5.21 Å². The van der Waals surface area contributed by atoms with Gasteiger partial charge in [-0.1, -0.05) is 28.9 Å². The molecular weight excluding hydrogens is 218 g/mol. The molecule has 0 aliphatic carbocycles. The maximum absolute atomic E-state index is 8.55. The number of nitrogens with one attached hydrogen (secondary N) is 1. The Labute approximate surface area is 80.7 Å². The Morgan fingerprint density at radius 3 is 2.75 bits per heavy atom. The molecule has 0 aliphatic heterocycles. The Morgan fingerprint density at radius 2 is 2.17 bits per heavy atom. The molecule has 0 radical (unpaired) electrons. The number of aryl methyl sites for hydroxylation is 1. The van der Waals surface area contributed by atoms with Crippen molar-refractivity contribution in [2.24, 2.45) is 0 Å². The highest BCUT2D eigenvalue weighted by atomic mass is 79.9. The van der Waals surface area contributed by atoms with Crippen LogP contribution in [0.25, 0.3) is 0 Å². The van der Waals surface area contributed by atoms with Gasteiger partial charge in [-0.05, 0) is 29.7 Å². The largest absolute Gasteiger partial charge is 0.316 e. The molecule has 0 bridgehead atoms. The van der Waals surface area contributed by atoms with Crippen LogP contribution < -0.4 is 5.48 Å². The van der Waals surface area contributed by atoms with Gasteiger partial charge in [0, 0.05) is 11.0 Å². The van der Waals surface area contributed by atoms with E-state index in [0.29, 0.717) is 6.54 Å². The summed E-state index contributed by atoms with van der Waals surface area (Å²) in [6.07, 6.45) is 0.983. The fourth-order valence-corrected chi connectivity index (χ4v) is 1.59. The lowest BCUT2D eigenvalue weighted by atomic mass is 10.1. The minimum absolute atomic E-state index is 0.510. The van der Waals surface area contributed by atoms with Gasteiger partial charge in [-0.15, -0.1) is 0 Å². The van der Waals surface area contributed by atoms with E-state index in [1.807, 2.05) is 12.1 Å². The van der Waals surface area contributed by atoms with Gasteiger partial charge < -0.3 is 5.21 Å². The van der Waals surface area contributed by atoms with Gasteiger partial charge in [-0.25, -0.2) is 5.48 Å². The number of rotatable bonds is 3. The Kier molecular flexibility index (Phi) is 3.72. The van der Waals surface area contributed by atoms with Crippen molar-refractivity contribution in [3.63, 3.8) is 0 Å². The highest BCUT2D eigenvalue weighted by Gasteiger charge is 1.99. The van der Waals surface area contributed by atoms with Crippen LogP contribution in [-0.2, 0) is 13.0 Å². The Bertz CT molecular complexity index is 263. The van der Waals surface area contributed by atoms with Crippen molar-refractivity contribution in [2.45, 2.75) is 19.9 Å². The SMILES string of the molecule is CCc1cc(Br)ccc1CNO. The smallest absolute Gasteiger partial charge is 0.0460 e. The van der Waals surface area contributed by atoms with Crippen LogP contribution in [0.4, 0.5) is 0 Å². The van der Waals surface area contributed by atoms with Crippen LogP contribution in [0.3, 0.4) is 0 Å². The van der Waals surface area contributed by atoms with E-state index in [0.717, 1.165) is 16.5 Å². The Balaban J connectivity index is 2.94. The van der Waals surface area contributed by atoms with Gasteiger partial charge in [0.1, 0.15) is 0 Å². The summed E-state index contributed by atoms with van der Waals surface area (Å²) in [4.78, 5) is 0. The van der Waals surface area contributed by atoms with E-state index < -0.39 is 0 Å². The molecule has 0 saturated carbocycles. The molecule has 0 aromatic heterocycles. The molecule has 0 amide bonds. The van der Waals surface area contributed by atoms with Crippen LogP contribution in [0.5, 0.6) is 0 Å². The van der Waals surface area contributed by atoms with Crippen molar-refractivity contribution in [3.05, 3.63) is 33.8 Å². The van der Waals surface area contributed by atoms with E-state index in [-0.39, 0.29) is 0 Å². The van der Waals surface area contributed by atoms with Crippen LogP contribution >= 0.6 is 15.9 Å². The van der Waals surface area contributed by atoms with Crippen LogP contribution in [0.2, 0.25) is 0 Å². The predicted octanol–water partition coefficient (Wildman–Crippen LogP) is 2.49. The van der Waals surface area contributed by atoms with E-state index in [4.69, 9.17) is 5.21 Å². The fraction of sp³-hybridized carbons (Fsp3) is 0.333. The standard InChI is InChI=1S/C9H12BrNO/c1-2-7-5-9(10)4-3-8(7)6-11-12/h3-5,11-12H,2,6H2,1H3. The molecule has 3 heteroatoms. The second-order valence-electron chi connectivity index (χ2n) is 2.60. The second-order valence-corrected chi connectivity index (χ2v) is 3.52. The lowest BCUT2D eigenvalue weighted by Gasteiger charge is -2.06. The number of halogens is 1. The molecule has 0 fully saturated rings. The molecule has 1 aromatic rings. The van der Waals surface area contributed by atoms with Gasteiger partial charge in [-0.3, -0.25) is 0 Å². The molecule has 0 aliphatic rings. The third-order valence-electron chi connectivity index (χ3n) is 1.82. The molecule has 1 rings (SSSR count). The third-order valence-corrected chi connectivity index (χ3v) is 2.31. The molecule has 2 nitrogen and oxygen atoms in total. The van der Waals surface area contributed by atoms with E-state index in [1.54, 1.807) is 0 Å². The topological polar surface area (TPSA) is 32.3 Å². The summed E-state index contributed by atoms with van der Waals surface area (Å²) < 4.78 is 1.08. The van der Waals surface area contributed by atoms with Gasteiger partial charge in [0.15, 0.2) is 0 Å². The average molecular weight is 230 g/mol. The maximum Gasteiger partial charge on any atom is 0.0460 e. The molecular formula is C9H12BrNO. The summed E-state index contributed by atoms with van der Waals surface area (Å²) in [6, 6.07) is 6.06. The first kappa shape index (κ1) is 9.71. The van der Waals surface area contributed by atoms with Gasteiger partial charge in [-0.2, -0.15) is 0 Å². The summed E-state index contributed by atoms with van der Waals surface area (Å²) >= 11 is 3.41. The van der Waals surface area contributed by atoms with E-state index in [2.05, 4.69) is 34.4 Å². The first-order valence-corrected chi connectivity index (χ1v) is 4.71. The number of hydrogen-bond acceptors (Lipinski definition) is 2. The second kappa shape index (κ2) is 4.60. The zero-order chi connectivity index (χ0) is 8.97. The normalized spacial score (nSPS) is 10.2. The summed E-state index contributed by atoms with van der Waals surface area (Å²) in [7, 11) is 0. The Hall–Kier alpha value is -0.380. The summed E-state index contributed by atoms with van der Waals surface area (Å²) in [5.74, 6) is 0. The summed E-state index contributed by atoms with van der Waals surface area (Å²) in [5, 5.41) is 8.55. The van der Waals surface area contributed by atoms with Crippen molar-refractivity contribution in [3.8, 4) is 0 Å². The first-order chi connectivity index (χ1) is 5.77. The van der Waals surface area contributed by atoms with Crippen LogP contribution in [-0.4, -0.2) is 5.21 Å². The fourth-order valence-electron chi connectivity index (χ4n) is 1.18. The predicted molar refractivity (Wildman–Crippen MR) is 52.1 cm³/mol.